The van der Waals surface area contributed by atoms with Crippen LogP contribution in [0.1, 0.15) is 0 Å². The molecule has 0 aliphatic heterocycles. The molecular formula is C54H36N2O. The fraction of sp³-hybridized carbons (Fsp3) is 0. The predicted octanol–water partition coefficient (Wildman–Crippen LogP) is 15.7. The second kappa shape index (κ2) is 13.6. The van der Waals surface area contributed by atoms with Gasteiger partial charge in [0.05, 0.1) is 0 Å². The first-order chi connectivity index (χ1) is 28.3. The van der Waals surface area contributed by atoms with Crippen molar-refractivity contribution in [3.8, 4) is 11.1 Å². The van der Waals surface area contributed by atoms with E-state index in [2.05, 4.69) is 222 Å². The Kier molecular flexibility index (Phi) is 7.82. The van der Waals surface area contributed by atoms with Gasteiger partial charge in [0.25, 0.3) is 0 Å². The van der Waals surface area contributed by atoms with E-state index in [0.717, 1.165) is 61.4 Å². The lowest BCUT2D eigenvalue weighted by Crippen LogP contribution is -2.12. The minimum atomic E-state index is 0.897. The minimum absolute atomic E-state index is 0.897. The van der Waals surface area contributed by atoms with Crippen LogP contribution in [0.15, 0.2) is 223 Å². The molecule has 1 aromatic heterocycles. The highest BCUT2D eigenvalue weighted by molar-refractivity contribution is 6.30. The van der Waals surface area contributed by atoms with E-state index >= 15 is 0 Å². The Morgan fingerprint density at radius 2 is 0.772 bits per heavy atom. The summed E-state index contributed by atoms with van der Waals surface area (Å²) >= 11 is 0. The third-order valence-corrected chi connectivity index (χ3v) is 11.2. The summed E-state index contributed by atoms with van der Waals surface area (Å²) in [5.41, 5.74) is 10.7. The van der Waals surface area contributed by atoms with Crippen molar-refractivity contribution < 1.29 is 4.42 Å². The number of anilines is 6. The van der Waals surface area contributed by atoms with E-state index in [4.69, 9.17) is 4.42 Å². The van der Waals surface area contributed by atoms with Crippen LogP contribution in [-0.2, 0) is 0 Å². The summed E-state index contributed by atoms with van der Waals surface area (Å²) in [4.78, 5) is 4.67. The molecule has 1 heterocycles. The number of furan rings is 1. The van der Waals surface area contributed by atoms with Crippen LogP contribution in [0.5, 0.6) is 0 Å². The number of benzene rings is 10. The molecule has 0 N–H and O–H groups in total. The van der Waals surface area contributed by atoms with Gasteiger partial charge in [0.1, 0.15) is 11.2 Å². The van der Waals surface area contributed by atoms with E-state index in [9.17, 15) is 0 Å². The first kappa shape index (κ1) is 32.8. The van der Waals surface area contributed by atoms with Crippen molar-refractivity contribution in [2.45, 2.75) is 0 Å². The van der Waals surface area contributed by atoms with Crippen molar-refractivity contribution in [3.05, 3.63) is 218 Å². The van der Waals surface area contributed by atoms with E-state index in [1.54, 1.807) is 0 Å². The molecule has 10 aromatic carbocycles. The largest absolute Gasteiger partial charge is 0.455 e. The van der Waals surface area contributed by atoms with Crippen molar-refractivity contribution in [1.29, 1.82) is 0 Å². The van der Waals surface area contributed by atoms with E-state index in [-0.39, 0.29) is 0 Å². The van der Waals surface area contributed by atoms with Crippen molar-refractivity contribution in [3.63, 3.8) is 0 Å². The van der Waals surface area contributed by atoms with Crippen molar-refractivity contribution in [1.82, 2.24) is 0 Å². The molecule has 0 amide bonds. The van der Waals surface area contributed by atoms with Gasteiger partial charge < -0.3 is 14.2 Å². The summed E-state index contributed by atoms with van der Waals surface area (Å²) in [6.07, 6.45) is 0. The van der Waals surface area contributed by atoms with Gasteiger partial charge in [-0.25, -0.2) is 0 Å². The highest BCUT2D eigenvalue weighted by Crippen LogP contribution is 2.45. The van der Waals surface area contributed by atoms with E-state index in [1.165, 1.54) is 38.1 Å². The summed E-state index contributed by atoms with van der Waals surface area (Å²) in [5.74, 6) is 0. The summed E-state index contributed by atoms with van der Waals surface area (Å²) in [7, 11) is 0. The van der Waals surface area contributed by atoms with Crippen LogP contribution >= 0.6 is 0 Å². The number of rotatable bonds is 7. The Morgan fingerprint density at radius 3 is 1.46 bits per heavy atom. The van der Waals surface area contributed by atoms with Gasteiger partial charge in [-0.2, -0.15) is 0 Å². The lowest BCUT2D eigenvalue weighted by Gasteiger charge is -2.28. The molecule has 0 radical (unpaired) electrons. The SMILES string of the molecule is c1ccc(N(c2ccccc2)c2ccc(N(c3ccc(-c4cccc5ccccc45)cc3)c3ccc4c5ccccc5c5oc6ccccc6c5c4c3)cc2)cc1. The summed E-state index contributed by atoms with van der Waals surface area (Å²) in [5, 5.41) is 9.43. The molecule has 0 spiro atoms. The Labute approximate surface area is 330 Å². The van der Waals surface area contributed by atoms with Crippen molar-refractivity contribution in [2.75, 3.05) is 9.80 Å². The smallest absolute Gasteiger partial charge is 0.143 e. The highest BCUT2D eigenvalue weighted by Gasteiger charge is 2.20. The lowest BCUT2D eigenvalue weighted by atomic mass is 9.96. The van der Waals surface area contributed by atoms with Gasteiger partial charge in [0, 0.05) is 50.3 Å². The maximum absolute atomic E-state index is 6.62. The zero-order valence-corrected chi connectivity index (χ0v) is 31.1. The van der Waals surface area contributed by atoms with Gasteiger partial charge in [-0.3, -0.25) is 0 Å². The Bertz CT molecular complexity index is 3180. The van der Waals surface area contributed by atoms with Crippen LogP contribution in [0.25, 0.3) is 65.4 Å². The summed E-state index contributed by atoms with van der Waals surface area (Å²) < 4.78 is 6.62. The second-order valence-electron chi connectivity index (χ2n) is 14.5. The van der Waals surface area contributed by atoms with E-state index < -0.39 is 0 Å². The molecule has 0 bridgehead atoms. The zero-order valence-electron chi connectivity index (χ0n) is 31.1. The van der Waals surface area contributed by atoms with Crippen molar-refractivity contribution in [2.24, 2.45) is 0 Å². The van der Waals surface area contributed by atoms with Crippen LogP contribution in [0, 0.1) is 0 Å². The molecule has 0 unspecified atom stereocenters. The standard InChI is InChI=1S/C54H36N2O/c1-3-16-39(17-4-1)55(40-18-5-2-6-19-40)42-30-32-43(33-31-42)56(41-28-26-38(27-29-41)46-24-13-15-37-14-7-8-20-45(37)46)44-34-35-48-47-21-9-10-22-49(47)54-53(51(48)36-44)50-23-11-12-25-52(50)57-54/h1-36H. The van der Waals surface area contributed by atoms with Crippen LogP contribution in [0.2, 0.25) is 0 Å². The number of hydrogen-bond donors (Lipinski definition) is 0. The lowest BCUT2D eigenvalue weighted by molar-refractivity contribution is 0.673. The maximum Gasteiger partial charge on any atom is 0.143 e. The van der Waals surface area contributed by atoms with Crippen LogP contribution in [0.3, 0.4) is 0 Å². The summed E-state index contributed by atoms with van der Waals surface area (Å²) in [6, 6.07) is 78.0. The molecular weight excluding hydrogens is 693 g/mol. The molecule has 268 valence electrons. The van der Waals surface area contributed by atoms with Crippen LogP contribution < -0.4 is 9.80 Å². The van der Waals surface area contributed by atoms with Crippen LogP contribution in [-0.4, -0.2) is 0 Å². The molecule has 0 fully saturated rings. The fourth-order valence-electron chi connectivity index (χ4n) is 8.60. The van der Waals surface area contributed by atoms with Gasteiger partial charge in [0.2, 0.25) is 0 Å². The molecule has 11 rings (SSSR count). The quantitative estimate of drug-likeness (QED) is 0.152. The molecule has 0 saturated carbocycles. The monoisotopic (exact) mass is 728 g/mol. The molecule has 0 atom stereocenters. The second-order valence-corrected chi connectivity index (χ2v) is 14.5. The average Bonchev–Trinajstić information content (AvgIpc) is 3.68. The van der Waals surface area contributed by atoms with Crippen LogP contribution in [0.4, 0.5) is 34.1 Å². The summed E-state index contributed by atoms with van der Waals surface area (Å²) in [6.45, 7) is 0. The van der Waals surface area contributed by atoms with E-state index in [0.29, 0.717) is 0 Å². The molecule has 3 heteroatoms. The van der Waals surface area contributed by atoms with E-state index in [1.807, 2.05) is 6.07 Å². The first-order valence-corrected chi connectivity index (χ1v) is 19.4. The number of fused-ring (bicyclic) bond motifs is 9. The van der Waals surface area contributed by atoms with Gasteiger partial charge >= 0.3 is 0 Å². The van der Waals surface area contributed by atoms with Gasteiger partial charge in [-0.15, -0.1) is 0 Å². The van der Waals surface area contributed by atoms with Gasteiger partial charge in [0.15, 0.2) is 0 Å². The molecule has 0 saturated heterocycles. The van der Waals surface area contributed by atoms with Gasteiger partial charge in [-0.1, -0.05) is 140 Å². The minimum Gasteiger partial charge on any atom is -0.455 e. The predicted molar refractivity (Wildman–Crippen MR) is 241 cm³/mol. The highest BCUT2D eigenvalue weighted by atomic mass is 16.3. The zero-order chi connectivity index (χ0) is 37.7. The Hall–Kier alpha value is -7.62. The molecule has 11 aromatic rings. The Morgan fingerprint density at radius 1 is 0.298 bits per heavy atom. The third-order valence-electron chi connectivity index (χ3n) is 11.2. The van der Waals surface area contributed by atoms with Gasteiger partial charge in [-0.05, 0) is 117 Å². The molecule has 0 aliphatic rings. The Balaban J connectivity index is 1.10. The number of para-hydroxylation sites is 3. The third kappa shape index (κ3) is 5.60. The normalized spacial score (nSPS) is 11.5. The average molecular weight is 729 g/mol. The maximum atomic E-state index is 6.62. The fourth-order valence-corrected chi connectivity index (χ4v) is 8.60. The number of hydrogen-bond acceptors (Lipinski definition) is 3. The molecule has 3 nitrogen and oxygen atoms in total. The van der Waals surface area contributed by atoms with Crippen molar-refractivity contribution >= 4 is 88.4 Å². The number of nitrogens with zero attached hydrogens (tertiary/aromatic N) is 2. The molecule has 57 heavy (non-hydrogen) atoms. The topological polar surface area (TPSA) is 19.6 Å². The molecule has 0 aliphatic carbocycles. The first-order valence-electron chi connectivity index (χ1n) is 19.4.